The van der Waals surface area contributed by atoms with Crippen LogP contribution in [-0.4, -0.2) is 63.5 Å². The van der Waals surface area contributed by atoms with Gasteiger partial charge in [-0.15, -0.1) is 0 Å². The van der Waals surface area contributed by atoms with E-state index in [1.165, 1.54) is 28.1 Å². The highest BCUT2D eigenvalue weighted by Crippen LogP contribution is 2.23. The molecule has 0 aromatic heterocycles. The Hall–Kier alpha value is -3.76. The number of carbonyl (C=O) groups is 4. The standard InChI is InChI=1S/C26H30O10/c1-5-33-23(27)21(35-25(29)19(31-3)17-13-9-7-10-14-17)22(24(28)34-6-2)36-26(30)20(32-4)18-15-11-8-12-16-18/h7-16,19-22H,5-6H2,1-4H3/t19-,20-,21-,22+/m1/s1. The second-order valence-electron chi connectivity index (χ2n) is 7.27. The number of hydrogen-bond donors (Lipinski definition) is 0. The Bertz CT molecular complexity index is 911. The quantitative estimate of drug-likeness (QED) is 0.298. The van der Waals surface area contributed by atoms with Crippen LogP contribution in [0.1, 0.15) is 37.2 Å². The molecule has 194 valence electrons. The lowest BCUT2D eigenvalue weighted by atomic mass is 10.1. The molecule has 10 heteroatoms. The van der Waals surface area contributed by atoms with Gasteiger partial charge in [-0.1, -0.05) is 60.7 Å². The highest BCUT2D eigenvalue weighted by molar-refractivity contribution is 5.90. The first-order chi connectivity index (χ1) is 17.4. The summed E-state index contributed by atoms with van der Waals surface area (Å²) in [6.07, 6.45) is -6.37. The molecule has 2 aromatic carbocycles. The number of hydrogen-bond acceptors (Lipinski definition) is 10. The summed E-state index contributed by atoms with van der Waals surface area (Å²) in [5.41, 5.74) is 0.890. The number of benzene rings is 2. The second-order valence-corrected chi connectivity index (χ2v) is 7.27. The largest absolute Gasteiger partial charge is 0.463 e. The molecule has 4 atom stereocenters. The average Bonchev–Trinajstić information content (AvgIpc) is 2.88. The molecule has 0 radical (unpaired) electrons. The normalized spacial score (nSPS) is 14.0. The lowest BCUT2D eigenvalue weighted by Gasteiger charge is -2.26. The summed E-state index contributed by atoms with van der Waals surface area (Å²) < 4.78 is 31.2. The van der Waals surface area contributed by atoms with Crippen molar-refractivity contribution < 1.29 is 47.6 Å². The molecule has 10 nitrogen and oxygen atoms in total. The number of esters is 4. The summed E-state index contributed by atoms with van der Waals surface area (Å²) in [7, 11) is 2.56. The van der Waals surface area contributed by atoms with Crippen LogP contribution in [0.3, 0.4) is 0 Å². The van der Waals surface area contributed by atoms with Crippen molar-refractivity contribution in [3.05, 3.63) is 71.8 Å². The van der Waals surface area contributed by atoms with Crippen molar-refractivity contribution in [1.82, 2.24) is 0 Å². The maximum Gasteiger partial charge on any atom is 0.352 e. The summed E-state index contributed by atoms with van der Waals surface area (Å²) in [5, 5.41) is 0. The van der Waals surface area contributed by atoms with E-state index in [2.05, 4.69) is 0 Å². The van der Waals surface area contributed by atoms with Gasteiger partial charge >= 0.3 is 23.9 Å². The van der Waals surface area contributed by atoms with Gasteiger partial charge in [-0.05, 0) is 25.0 Å². The molecule has 0 saturated carbocycles. The fraction of sp³-hybridized carbons (Fsp3) is 0.385. The van der Waals surface area contributed by atoms with E-state index < -0.39 is 48.3 Å². The summed E-state index contributed by atoms with van der Waals surface area (Å²) in [6, 6.07) is 16.8. The van der Waals surface area contributed by atoms with Crippen LogP contribution in [0, 0.1) is 0 Å². The third kappa shape index (κ3) is 7.62. The fourth-order valence-corrected chi connectivity index (χ4v) is 3.28. The van der Waals surface area contributed by atoms with Crippen molar-refractivity contribution >= 4 is 23.9 Å². The van der Waals surface area contributed by atoms with Crippen LogP contribution >= 0.6 is 0 Å². The van der Waals surface area contributed by atoms with Crippen LogP contribution < -0.4 is 0 Å². The molecule has 2 aromatic rings. The van der Waals surface area contributed by atoms with E-state index in [9.17, 15) is 19.2 Å². The van der Waals surface area contributed by atoms with E-state index in [-0.39, 0.29) is 13.2 Å². The van der Waals surface area contributed by atoms with Gasteiger partial charge in [-0.3, -0.25) is 0 Å². The van der Waals surface area contributed by atoms with Crippen LogP contribution in [0.25, 0.3) is 0 Å². The number of ether oxygens (including phenoxy) is 6. The Morgan fingerprint density at radius 1 is 0.583 bits per heavy atom. The molecule has 0 heterocycles. The molecule has 0 aliphatic heterocycles. The van der Waals surface area contributed by atoms with Gasteiger partial charge in [0.05, 0.1) is 13.2 Å². The van der Waals surface area contributed by atoms with E-state index in [4.69, 9.17) is 28.4 Å². The molecule has 36 heavy (non-hydrogen) atoms. The van der Waals surface area contributed by atoms with Gasteiger partial charge in [0.25, 0.3) is 0 Å². The predicted molar refractivity (Wildman–Crippen MR) is 125 cm³/mol. The molecule has 2 rings (SSSR count). The van der Waals surface area contributed by atoms with Gasteiger partial charge in [0, 0.05) is 14.2 Å². The van der Waals surface area contributed by atoms with Crippen molar-refractivity contribution in [3.63, 3.8) is 0 Å². The van der Waals surface area contributed by atoms with E-state index in [1.54, 1.807) is 60.7 Å². The predicted octanol–water partition coefficient (Wildman–Crippen LogP) is 2.71. The number of carbonyl (C=O) groups excluding carboxylic acids is 4. The zero-order valence-corrected chi connectivity index (χ0v) is 20.6. The van der Waals surface area contributed by atoms with Crippen molar-refractivity contribution in [1.29, 1.82) is 0 Å². The van der Waals surface area contributed by atoms with Crippen molar-refractivity contribution in [2.24, 2.45) is 0 Å². The number of rotatable bonds is 13. The molecule has 0 spiro atoms. The van der Waals surface area contributed by atoms with Crippen molar-refractivity contribution in [3.8, 4) is 0 Å². The molecular weight excluding hydrogens is 472 g/mol. The average molecular weight is 503 g/mol. The maximum atomic E-state index is 13.0. The van der Waals surface area contributed by atoms with Crippen LogP contribution in [0.5, 0.6) is 0 Å². The topological polar surface area (TPSA) is 124 Å². The third-order valence-corrected chi connectivity index (χ3v) is 4.90. The Morgan fingerprint density at radius 3 is 1.19 bits per heavy atom. The minimum absolute atomic E-state index is 0.0898. The smallest absolute Gasteiger partial charge is 0.352 e. The SMILES string of the molecule is CCOC(=O)[C@@H](OC(=O)[C@H](OC)c1ccccc1)[C@@H](OC(=O)[C@H](OC)c1ccccc1)C(=O)OCC. The van der Waals surface area contributed by atoms with E-state index in [0.29, 0.717) is 11.1 Å². The van der Waals surface area contributed by atoms with E-state index in [0.717, 1.165) is 0 Å². The molecule has 0 aliphatic rings. The first-order valence-corrected chi connectivity index (χ1v) is 11.3. The molecule has 0 aliphatic carbocycles. The zero-order valence-electron chi connectivity index (χ0n) is 20.6. The molecular formula is C26H30O10. The van der Waals surface area contributed by atoms with Gasteiger partial charge in [0.15, 0.2) is 12.2 Å². The van der Waals surface area contributed by atoms with E-state index in [1.807, 2.05) is 0 Å². The Morgan fingerprint density at radius 2 is 0.917 bits per heavy atom. The number of methoxy groups -OCH3 is 2. The molecule has 0 fully saturated rings. The minimum atomic E-state index is -1.96. The summed E-state index contributed by atoms with van der Waals surface area (Å²) >= 11 is 0. The van der Waals surface area contributed by atoms with Crippen LogP contribution in [0.2, 0.25) is 0 Å². The highest BCUT2D eigenvalue weighted by atomic mass is 16.7. The van der Waals surface area contributed by atoms with Crippen LogP contribution in [-0.2, 0) is 47.6 Å². The zero-order chi connectivity index (χ0) is 26.5. The molecule has 0 amide bonds. The fourth-order valence-electron chi connectivity index (χ4n) is 3.28. The molecule has 0 N–H and O–H groups in total. The van der Waals surface area contributed by atoms with Gasteiger partial charge in [0.1, 0.15) is 0 Å². The summed E-state index contributed by atoms with van der Waals surface area (Å²) in [4.78, 5) is 51.6. The summed E-state index contributed by atoms with van der Waals surface area (Å²) in [5.74, 6) is -4.21. The lowest BCUT2D eigenvalue weighted by molar-refractivity contribution is -0.198. The van der Waals surface area contributed by atoms with Gasteiger partial charge in [-0.25, -0.2) is 19.2 Å². The Kier molecular flexibility index (Phi) is 11.5. The summed E-state index contributed by atoms with van der Waals surface area (Å²) in [6.45, 7) is 2.88. The molecule has 0 unspecified atom stereocenters. The first kappa shape index (κ1) is 28.5. The van der Waals surface area contributed by atoms with Gasteiger partial charge < -0.3 is 28.4 Å². The molecule has 0 saturated heterocycles. The first-order valence-electron chi connectivity index (χ1n) is 11.3. The van der Waals surface area contributed by atoms with Crippen molar-refractivity contribution in [2.75, 3.05) is 27.4 Å². The maximum absolute atomic E-state index is 13.0. The monoisotopic (exact) mass is 502 g/mol. The Labute approximate surface area is 209 Å². The van der Waals surface area contributed by atoms with Gasteiger partial charge in [-0.2, -0.15) is 0 Å². The highest BCUT2D eigenvalue weighted by Gasteiger charge is 2.44. The Balaban J connectivity index is 2.38. The molecule has 0 bridgehead atoms. The third-order valence-electron chi connectivity index (χ3n) is 4.90. The van der Waals surface area contributed by atoms with Gasteiger partial charge in [0.2, 0.25) is 12.2 Å². The lowest BCUT2D eigenvalue weighted by Crippen LogP contribution is -2.48. The van der Waals surface area contributed by atoms with Crippen molar-refractivity contribution in [2.45, 2.75) is 38.3 Å². The van der Waals surface area contributed by atoms with Crippen LogP contribution in [0.15, 0.2) is 60.7 Å². The second kappa shape index (κ2) is 14.6. The van der Waals surface area contributed by atoms with Crippen LogP contribution in [0.4, 0.5) is 0 Å². The minimum Gasteiger partial charge on any atom is -0.463 e. The van der Waals surface area contributed by atoms with E-state index >= 15 is 0 Å².